The van der Waals surface area contributed by atoms with Crippen molar-refractivity contribution in [3.63, 3.8) is 0 Å². The lowest BCUT2D eigenvalue weighted by Crippen LogP contribution is -2.26. The smallest absolute Gasteiger partial charge is 0.119 e. The molecule has 1 aliphatic rings. The van der Waals surface area contributed by atoms with Crippen LogP contribution in [0.15, 0.2) is 18.3 Å². The van der Waals surface area contributed by atoms with Gasteiger partial charge in [0, 0.05) is 13.2 Å². The van der Waals surface area contributed by atoms with E-state index in [2.05, 4.69) is 11.1 Å². The monoisotopic (exact) mass is 150 g/mol. The largest absolute Gasteiger partial charge is 0.355 e. The van der Waals surface area contributed by atoms with E-state index >= 15 is 0 Å². The fraction of sp³-hybridized carbons (Fsp3) is 0.375. The molecule has 0 bridgehead atoms. The van der Waals surface area contributed by atoms with Crippen LogP contribution in [0.5, 0.6) is 0 Å². The highest BCUT2D eigenvalue weighted by atomic mass is 16.5. The minimum Gasteiger partial charge on any atom is -0.355 e. The van der Waals surface area contributed by atoms with Gasteiger partial charge in [-0.1, -0.05) is 0 Å². The molecular formula is C8H10N2O. The van der Waals surface area contributed by atoms with Crippen molar-refractivity contribution in [3.05, 3.63) is 24.0 Å². The molecule has 3 nitrogen and oxygen atoms in total. The molecule has 0 fully saturated rings. The van der Waals surface area contributed by atoms with E-state index in [0.29, 0.717) is 13.3 Å². The van der Waals surface area contributed by atoms with E-state index in [1.54, 1.807) is 6.20 Å². The number of hydrogen-bond acceptors (Lipinski definition) is 3. The first-order valence-electron chi connectivity index (χ1n) is 3.61. The maximum Gasteiger partial charge on any atom is 0.119 e. The van der Waals surface area contributed by atoms with Crippen LogP contribution >= 0.6 is 0 Å². The molecular weight excluding hydrogens is 140 g/mol. The van der Waals surface area contributed by atoms with E-state index in [1.807, 2.05) is 18.0 Å². The first kappa shape index (κ1) is 6.61. The molecule has 0 saturated heterocycles. The van der Waals surface area contributed by atoms with Crippen LogP contribution in [0.3, 0.4) is 0 Å². The summed E-state index contributed by atoms with van der Waals surface area (Å²) < 4.78 is 5.27. The average molecular weight is 150 g/mol. The number of rotatable bonds is 0. The number of fused-ring (bicyclic) bond motifs is 1. The average Bonchev–Trinajstić information content (AvgIpc) is 2.06. The van der Waals surface area contributed by atoms with Crippen molar-refractivity contribution in [3.8, 4) is 0 Å². The van der Waals surface area contributed by atoms with Gasteiger partial charge in [0.1, 0.15) is 6.73 Å². The summed E-state index contributed by atoms with van der Waals surface area (Å²) in [5, 5.41) is 0. The lowest BCUT2D eigenvalue weighted by Gasteiger charge is -2.26. The molecule has 2 rings (SSSR count). The highest BCUT2D eigenvalue weighted by Gasteiger charge is 2.12. The van der Waals surface area contributed by atoms with Crippen molar-refractivity contribution >= 4 is 5.69 Å². The van der Waals surface area contributed by atoms with Crippen LogP contribution in [0.1, 0.15) is 5.69 Å². The predicted octanol–water partition coefficient (Wildman–Crippen LogP) is 1.01. The van der Waals surface area contributed by atoms with E-state index < -0.39 is 0 Å². The Labute approximate surface area is 65.6 Å². The third-order valence-electron chi connectivity index (χ3n) is 1.80. The summed E-state index contributed by atoms with van der Waals surface area (Å²) in [5.41, 5.74) is 2.21. The fourth-order valence-corrected chi connectivity index (χ4v) is 1.24. The first-order chi connectivity index (χ1) is 5.38. The molecule has 0 unspecified atom stereocenters. The SMILES string of the molecule is CN1COCc2ncccc21. The predicted molar refractivity (Wildman–Crippen MR) is 42.3 cm³/mol. The number of pyridine rings is 1. The van der Waals surface area contributed by atoms with E-state index in [9.17, 15) is 0 Å². The number of hydrogen-bond donors (Lipinski definition) is 0. The molecule has 2 heterocycles. The lowest BCUT2D eigenvalue weighted by molar-refractivity contribution is 0.110. The Hall–Kier alpha value is -1.09. The van der Waals surface area contributed by atoms with Gasteiger partial charge in [0.2, 0.25) is 0 Å². The maximum absolute atomic E-state index is 5.27. The number of nitrogens with zero attached hydrogens (tertiary/aromatic N) is 2. The number of aromatic nitrogens is 1. The van der Waals surface area contributed by atoms with Gasteiger partial charge in [-0.15, -0.1) is 0 Å². The van der Waals surface area contributed by atoms with Crippen LogP contribution in [-0.2, 0) is 11.3 Å². The third-order valence-corrected chi connectivity index (χ3v) is 1.80. The fourth-order valence-electron chi connectivity index (χ4n) is 1.24. The zero-order valence-corrected chi connectivity index (χ0v) is 6.45. The third kappa shape index (κ3) is 1.07. The second kappa shape index (κ2) is 2.51. The molecule has 0 aliphatic carbocycles. The quantitative estimate of drug-likeness (QED) is 0.551. The summed E-state index contributed by atoms with van der Waals surface area (Å²) in [6, 6.07) is 4.01. The van der Waals surface area contributed by atoms with E-state index in [0.717, 1.165) is 5.69 Å². The van der Waals surface area contributed by atoms with Crippen molar-refractivity contribution in [2.24, 2.45) is 0 Å². The Morgan fingerprint density at radius 3 is 3.36 bits per heavy atom. The Morgan fingerprint density at radius 2 is 2.55 bits per heavy atom. The molecule has 0 saturated carbocycles. The van der Waals surface area contributed by atoms with Crippen LogP contribution in [0.4, 0.5) is 5.69 Å². The summed E-state index contributed by atoms with van der Waals surface area (Å²) in [5.74, 6) is 0. The standard InChI is InChI=1S/C8H10N2O/c1-10-6-11-5-7-8(10)3-2-4-9-7/h2-4H,5-6H2,1H3. The minimum absolute atomic E-state index is 0.639. The van der Waals surface area contributed by atoms with Crippen LogP contribution < -0.4 is 4.90 Å². The van der Waals surface area contributed by atoms with Gasteiger partial charge in [0.25, 0.3) is 0 Å². The molecule has 1 aliphatic heterocycles. The molecule has 0 amide bonds. The molecule has 0 atom stereocenters. The molecule has 58 valence electrons. The van der Waals surface area contributed by atoms with Crippen molar-refractivity contribution in [1.82, 2.24) is 4.98 Å². The van der Waals surface area contributed by atoms with Crippen LogP contribution in [0.25, 0.3) is 0 Å². The van der Waals surface area contributed by atoms with Gasteiger partial charge in [0.05, 0.1) is 18.0 Å². The molecule has 0 aromatic carbocycles. The number of anilines is 1. The van der Waals surface area contributed by atoms with Gasteiger partial charge < -0.3 is 9.64 Å². The van der Waals surface area contributed by atoms with Gasteiger partial charge in [-0.05, 0) is 12.1 Å². The lowest BCUT2D eigenvalue weighted by atomic mass is 10.2. The van der Waals surface area contributed by atoms with E-state index in [1.165, 1.54) is 5.69 Å². The molecule has 1 aromatic heterocycles. The Morgan fingerprint density at radius 1 is 1.64 bits per heavy atom. The maximum atomic E-state index is 5.27. The van der Waals surface area contributed by atoms with Gasteiger partial charge in [-0.2, -0.15) is 0 Å². The molecule has 1 aromatic rings. The Bertz CT molecular complexity index is 262. The summed E-state index contributed by atoms with van der Waals surface area (Å²) >= 11 is 0. The van der Waals surface area contributed by atoms with Gasteiger partial charge in [-0.3, -0.25) is 4.98 Å². The molecule has 3 heteroatoms. The van der Waals surface area contributed by atoms with Gasteiger partial charge in [-0.25, -0.2) is 0 Å². The second-order valence-corrected chi connectivity index (χ2v) is 2.64. The van der Waals surface area contributed by atoms with Crippen LogP contribution in [0.2, 0.25) is 0 Å². The summed E-state index contributed by atoms with van der Waals surface area (Å²) in [7, 11) is 2.00. The Balaban J connectivity index is 2.44. The minimum atomic E-state index is 0.639. The second-order valence-electron chi connectivity index (χ2n) is 2.64. The van der Waals surface area contributed by atoms with Crippen molar-refractivity contribution in [1.29, 1.82) is 0 Å². The van der Waals surface area contributed by atoms with Crippen molar-refractivity contribution in [2.75, 3.05) is 18.7 Å². The summed E-state index contributed by atoms with van der Waals surface area (Å²) in [4.78, 5) is 6.25. The zero-order valence-electron chi connectivity index (χ0n) is 6.45. The normalized spacial score (nSPS) is 16.3. The van der Waals surface area contributed by atoms with Gasteiger partial charge in [0.15, 0.2) is 0 Å². The van der Waals surface area contributed by atoms with Crippen molar-refractivity contribution in [2.45, 2.75) is 6.61 Å². The van der Waals surface area contributed by atoms with Gasteiger partial charge >= 0.3 is 0 Å². The molecule has 0 N–H and O–H groups in total. The summed E-state index contributed by atoms with van der Waals surface area (Å²) in [6.07, 6.45) is 1.79. The molecule has 0 spiro atoms. The van der Waals surface area contributed by atoms with E-state index in [4.69, 9.17) is 4.74 Å². The van der Waals surface area contributed by atoms with Crippen molar-refractivity contribution < 1.29 is 4.74 Å². The Kier molecular flexibility index (Phi) is 1.51. The topological polar surface area (TPSA) is 25.4 Å². The number of ether oxygens (including phenoxy) is 1. The van der Waals surface area contributed by atoms with E-state index in [-0.39, 0.29) is 0 Å². The highest BCUT2D eigenvalue weighted by molar-refractivity contribution is 5.49. The highest BCUT2D eigenvalue weighted by Crippen LogP contribution is 2.21. The molecule has 0 radical (unpaired) electrons. The summed E-state index contributed by atoms with van der Waals surface area (Å²) in [6.45, 7) is 1.30. The molecule has 11 heavy (non-hydrogen) atoms. The zero-order chi connectivity index (χ0) is 7.68. The van der Waals surface area contributed by atoms with Crippen LogP contribution in [-0.4, -0.2) is 18.8 Å². The first-order valence-corrected chi connectivity index (χ1v) is 3.61. The van der Waals surface area contributed by atoms with Crippen LogP contribution in [0, 0.1) is 0 Å².